The van der Waals surface area contributed by atoms with Crippen molar-refractivity contribution < 1.29 is 18.0 Å². The molecule has 0 radical (unpaired) electrons. The number of nitrogens with one attached hydrogen (secondary N) is 1. The lowest BCUT2D eigenvalue weighted by Crippen LogP contribution is -2.20. The maximum Gasteiger partial charge on any atom is 0.418 e. The lowest BCUT2D eigenvalue weighted by atomic mass is 9.97. The van der Waals surface area contributed by atoms with Gasteiger partial charge < -0.3 is 0 Å². The van der Waals surface area contributed by atoms with Gasteiger partial charge in [-0.2, -0.15) is 18.3 Å². The normalized spacial score (nSPS) is 18.4. The summed E-state index contributed by atoms with van der Waals surface area (Å²) < 4.78 is 39.0. The third-order valence-corrected chi connectivity index (χ3v) is 3.48. The molecule has 0 bridgehead atoms. The molecule has 1 aliphatic carbocycles. The Kier molecular flexibility index (Phi) is 4.47. The molecule has 1 aliphatic rings. The van der Waals surface area contributed by atoms with E-state index in [4.69, 9.17) is 0 Å². The Labute approximate surface area is 122 Å². The van der Waals surface area contributed by atoms with E-state index in [1.54, 1.807) is 0 Å². The van der Waals surface area contributed by atoms with Gasteiger partial charge in [0.05, 0.1) is 11.3 Å². The van der Waals surface area contributed by atoms with Crippen molar-refractivity contribution in [3.63, 3.8) is 0 Å². The van der Waals surface area contributed by atoms with E-state index in [9.17, 15) is 18.0 Å². The SMILES string of the molecule is O=C1CCCC/C1=N/Nc1ccc(Br)cc1C(F)(F)F. The molecule has 0 unspecified atom stereocenters. The second kappa shape index (κ2) is 5.95. The van der Waals surface area contributed by atoms with Crippen LogP contribution in [-0.2, 0) is 11.0 Å². The van der Waals surface area contributed by atoms with Gasteiger partial charge in [0.1, 0.15) is 5.71 Å². The summed E-state index contributed by atoms with van der Waals surface area (Å²) in [5, 5.41) is 3.84. The van der Waals surface area contributed by atoms with Crippen molar-refractivity contribution >= 4 is 33.1 Å². The van der Waals surface area contributed by atoms with Gasteiger partial charge in [0.25, 0.3) is 0 Å². The fraction of sp³-hybridized carbons (Fsp3) is 0.385. The molecule has 3 nitrogen and oxygen atoms in total. The number of hydrazone groups is 1. The number of halogens is 4. The van der Waals surface area contributed by atoms with Gasteiger partial charge in [-0.05, 0) is 37.5 Å². The first-order valence-corrected chi connectivity index (χ1v) is 6.90. The molecule has 1 fully saturated rings. The van der Waals surface area contributed by atoms with Crippen LogP contribution >= 0.6 is 15.9 Å². The molecule has 0 saturated heterocycles. The van der Waals surface area contributed by atoms with Crippen LogP contribution in [0.4, 0.5) is 18.9 Å². The highest BCUT2D eigenvalue weighted by molar-refractivity contribution is 9.10. The van der Waals surface area contributed by atoms with E-state index in [0.29, 0.717) is 23.0 Å². The molecule has 0 spiro atoms. The lowest BCUT2D eigenvalue weighted by molar-refractivity contribution is -0.137. The van der Waals surface area contributed by atoms with Gasteiger partial charge in [0.15, 0.2) is 5.78 Å². The van der Waals surface area contributed by atoms with E-state index in [2.05, 4.69) is 26.5 Å². The Bertz CT molecular complexity index is 555. The van der Waals surface area contributed by atoms with Crippen LogP contribution in [0.1, 0.15) is 31.2 Å². The van der Waals surface area contributed by atoms with Crippen molar-refractivity contribution in [1.82, 2.24) is 0 Å². The molecule has 0 atom stereocenters. The molecule has 1 aromatic carbocycles. The fourth-order valence-corrected chi connectivity index (χ4v) is 2.32. The standard InChI is InChI=1S/C13H12BrF3N2O/c14-8-5-6-10(9(7-8)13(15,16)17)18-19-11-3-1-2-4-12(11)20/h5-7,18H,1-4H2/b19-11-. The molecule has 0 heterocycles. The van der Waals surface area contributed by atoms with E-state index in [1.807, 2.05) is 0 Å². The summed E-state index contributed by atoms with van der Waals surface area (Å²) >= 11 is 3.01. The number of hydrogen-bond donors (Lipinski definition) is 1. The minimum Gasteiger partial charge on any atom is -0.293 e. The van der Waals surface area contributed by atoms with Crippen LogP contribution in [0.5, 0.6) is 0 Å². The molecular formula is C13H12BrF3N2O. The maximum absolute atomic E-state index is 12.9. The van der Waals surface area contributed by atoms with Gasteiger partial charge in [-0.15, -0.1) is 0 Å². The Balaban J connectivity index is 2.25. The van der Waals surface area contributed by atoms with Gasteiger partial charge in [0, 0.05) is 10.9 Å². The summed E-state index contributed by atoms with van der Waals surface area (Å²) in [5.74, 6) is -0.102. The molecule has 0 amide bonds. The van der Waals surface area contributed by atoms with Gasteiger partial charge in [-0.25, -0.2) is 0 Å². The molecule has 1 aromatic rings. The number of hydrogen-bond acceptors (Lipinski definition) is 3. The molecule has 1 saturated carbocycles. The van der Waals surface area contributed by atoms with Crippen LogP contribution in [0.25, 0.3) is 0 Å². The summed E-state index contributed by atoms with van der Waals surface area (Å²) in [6.07, 6.45) is -1.93. The highest BCUT2D eigenvalue weighted by Crippen LogP contribution is 2.36. The fourth-order valence-electron chi connectivity index (χ4n) is 1.96. The zero-order chi connectivity index (χ0) is 14.8. The van der Waals surface area contributed by atoms with Crippen molar-refractivity contribution in [2.75, 3.05) is 5.43 Å². The molecule has 7 heteroatoms. The van der Waals surface area contributed by atoms with Crippen LogP contribution < -0.4 is 5.43 Å². The third kappa shape index (κ3) is 3.59. The topological polar surface area (TPSA) is 41.5 Å². The van der Waals surface area contributed by atoms with E-state index in [0.717, 1.165) is 18.9 Å². The van der Waals surface area contributed by atoms with E-state index >= 15 is 0 Å². The number of benzene rings is 1. The Morgan fingerprint density at radius 1 is 1.20 bits per heavy atom. The summed E-state index contributed by atoms with van der Waals surface area (Å²) in [6.45, 7) is 0. The van der Waals surface area contributed by atoms with Crippen LogP contribution in [0.2, 0.25) is 0 Å². The number of ketones is 1. The second-order valence-corrected chi connectivity index (χ2v) is 5.40. The second-order valence-electron chi connectivity index (χ2n) is 4.49. The van der Waals surface area contributed by atoms with Crippen molar-refractivity contribution in [3.8, 4) is 0 Å². The first-order chi connectivity index (χ1) is 9.38. The van der Waals surface area contributed by atoms with Crippen molar-refractivity contribution in [2.45, 2.75) is 31.9 Å². The molecule has 0 aliphatic heterocycles. The van der Waals surface area contributed by atoms with Crippen molar-refractivity contribution in [3.05, 3.63) is 28.2 Å². The highest BCUT2D eigenvalue weighted by atomic mass is 79.9. The van der Waals surface area contributed by atoms with Crippen molar-refractivity contribution in [2.24, 2.45) is 5.10 Å². The quantitative estimate of drug-likeness (QED) is 0.805. The summed E-state index contributed by atoms with van der Waals surface area (Å²) in [5.41, 5.74) is 1.71. The summed E-state index contributed by atoms with van der Waals surface area (Å²) in [6, 6.07) is 3.75. The summed E-state index contributed by atoms with van der Waals surface area (Å²) in [4.78, 5) is 11.6. The number of carbonyl (C=O) groups is 1. The zero-order valence-electron chi connectivity index (χ0n) is 10.4. The first kappa shape index (κ1) is 15.0. The van der Waals surface area contributed by atoms with Gasteiger partial charge in [0.2, 0.25) is 0 Å². The first-order valence-electron chi connectivity index (χ1n) is 6.10. The lowest BCUT2D eigenvalue weighted by Gasteiger charge is -2.15. The molecule has 20 heavy (non-hydrogen) atoms. The highest BCUT2D eigenvalue weighted by Gasteiger charge is 2.33. The van der Waals surface area contributed by atoms with Gasteiger partial charge in [-0.3, -0.25) is 10.2 Å². The third-order valence-electron chi connectivity index (χ3n) is 2.99. The number of rotatable bonds is 2. The number of anilines is 1. The van der Waals surface area contributed by atoms with Crippen LogP contribution in [-0.4, -0.2) is 11.5 Å². The minimum absolute atomic E-state index is 0.102. The van der Waals surface area contributed by atoms with Gasteiger partial charge >= 0.3 is 6.18 Å². The number of Topliss-reactive ketones (excluding diaryl/α,β-unsaturated/α-hetero) is 1. The summed E-state index contributed by atoms with van der Waals surface area (Å²) in [7, 11) is 0. The van der Waals surface area contributed by atoms with E-state index in [-0.39, 0.29) is 11.5 Å². The monoisotopic (exact) mass is 348 g/mol. The molecular weight excluding hydrogens is 337 g/mol. The number of alkyl halides is 3. The average Bonchev–Trinajstić information content (AvgIpc) is 2.38. The zero-order valence-corrected chi connectivity index (χ0v) is 12.0. The average molecular weight is 349 g/mol. The maximum atomic E-state index is 12.9. The molecule has 1 N–H and O–H groups in total. The van der Waals surface area contributed by atoms with E-state index < -0.39 is 11.7 Å². The van der Waals surface area contributed by atoms with Crippen molar-refractivity contribution in [1.29, 1.82) is 0 Å². The minimum atomic E-state index is -4.48. The smallest absolute Gasteiger partial charge is 0.293 e. The van der Waals surface area contributed by atoms with E-state index in [1.165, 1.54) is 12.1 Å². The Morgan fingerprint density at radius 2 is 1.90 bits per heavy atom. The molecule has 0 aromatic heterocycles. The predicted molar refractivity (Wildman–Crippen MR) is 73.7 cm³/mol. The molecule has 108 valence electrons. The Morgan fingerprint density at radius 3 is 2.55 bits per heavy atom. The number of carbonyl (C=O) groups excluding carboxylic acids is 1. The van der Waals surface area contributed by atoms with Gasteiger partial charge in [-0.1, -0.05) is 15.9 Å². The van der Waals surface area contributed by atoms with Crippen LogP contribution in [0.3, 0.4) is 0 Å². The molecule has 2 rings (SSSR count). The largest absolute Gasteiger partial charge is 0.418 e. The van der Waals surface area contributed by atoms with Crippen LogP contribution in [0, 0.1) is 0 Å². The number of nitrogens with zero attached hydrogens (tertiary/aromatic N) is 1. The predicted octanol–water partition coefficient (Wildman–Crippen LogP) is 4.38. The Hall–Kier alpha value is -1.37. The van der Waals surface area contributed by atoms with Crippen LogP contribution in [0.15, 0.2) is 27.8 Å².